The Morgan fingerprint density at radius 1 is 0.469 bits per heavy atom. The molecule has 2 atom stereocenters. The SMILES string of the molecule is C/C(=C(\C=C(\C#N)c1c(F)c(F)c(C#N)c(F)c1F)C(C#N)c1c(F)c(F)c(C#N)c(F)c1F)C(C#N)c1c(F)c(F)c(C#N)c(F)c1F. The van der Waals surface area contributed by atoms with Gasteiger partial charge in [-0.2, -0.15) is 31.6 Å². The molecule has 0 aliphatic heterocycles. The number of hydrogen-bond acceptors (Lipinski definition) is 6. The first-order valence-electron chi connectivity index (χ1n) is 12.4. The second kappa shape index (κ2) is 13.9. The van der Waals surface area contributed by atoms with E-state index in [1.165, 1.54) is 0 Å². The molecular weight excluding hydrogens is 684 g/mol. The van der Waals surface area contributed by atoms with Gasteiger partial charge < -0.3 is 0 Å². The average Bonchev–Trinajstić information content (AvgIpc) is 3.08. The Labute approximate surface area is 265 Å². The van der Waals surface area contributed by atoms with E-state index >= 15 is 17.6 Å². The molecule has 0 fully saturated rings. The predicted octanol–water partition coefficient (Wildman–Crippen LogP) is 7.81. The number of nitrogens with zero attached hydrogens (tertiary/aromatic N) is 6. The van der Waals surface area contributed by atoms with Gasteiger partial charge in [-0.15, -0.1) is 0 Å². The van der Waals surface area contributed by atoms with E-state index < -0.39 is 132 Å². The monoisotopic (exact) mass is 690 g/mol. The lowest BCUT2D eigenvalue weighted by atomic mass is 9.80. The van der Waals surface area contributed by atoms with Crippen LogP contribution in [0.25, 0.3) is 5.57 Å². The van der Waals surface area contributed by atoms with Crippen molar-refractivity contribution in [2.75, 3.05) is 0 Å². The molecular formula is C31H6F12N6. The van der Waals surface area contributed by atoms with Gasteiger partial charge in [-0.05, 0) is 24.1 Å². The predicted molar refractivity (Wildman–Crippen MR) is 136 cm³/mol. The highest BCUT2D eigenvalue weighted by molar-refractivity contribution is 5.81. The molecule has 0 saturated heterocycles. The van der Waals surface area contributed by atoms with Crippen molar-refractivity contribution < 1.29 is 52.7 Å². The van der Waals surface area contributed by atoms with Crippen LogP contribution in [0.15, 0.2) is 17.2 Å². The van der Waals surface area contributed by atoms with Crippen molar-refractivity contribution in [1.29, 1.82) is 31.6 Å². The van der Waals surface area contributed by atoms with Crippen molar-refractivity contribution in [3.8, 4) is 36.4 Å². The van der Waals surface area contributed by atoms with E-state index in [1.54, 1.807) is 0 Å². The summed E-state index contributed by atoms with van der Waals surface area (Å²) in [5.74, 6) is -35.0. The van der Waals surface area contributed by atoms with Gasteiger partial charge in [0.25, 0.3) is 0 Å². The topological polar surface area (TPSA) is 143 Å². The maximum atomic E-state index is 15.2. The molecule has 3 aromatic rings. The lowest BCUT2D eigenvalue weighted by Crippen LogP contribution is -2.16. The highest BCUT2D eigenvalue weighted by Crippen LogP contribution is 2.42. The summed E-state index contributed by atoms with van der Waals surface area (Å²) in [4.78, 5) is 0. The van der Waals surface area contributed by atoms with Crippen LogP contribution in [0.2, 0.25) is 0 Å². The van der Waals surface area contributed by atoms with Crippen LogP contribution >= 0.6 is 0 Å². The molecule has 6 nitrogen and oxygen atoms in total. The summed E-state index contributed by atoms with van der Waals surface area (Å²) in [6, 6.07) is 5.50. The first-order chi connectivity index (χ1) is 23.0. The third-order valence-corrected chi connectivity index (χ3v) is 6.92. The molecule has 0 aliphatic carbocycles. The van der Waals surface area contributed by atoms with Gasteiger partial charge in [-0.3, -0.25) is 0 Å². The quantitative estimate of drug-likeness (QED) is 0.112. The zero-order valence-electron chi connectivity index (χ0n) is 23.5. The average molecular weight is 690 g/mol. The molecule has 0 radical (unpaired) electrons. The van der Waals surface area contributed by atoms with Crippen LogP contribution in [0.1, 0.15) is 52.1 Å². The van der Waals surface area contributed by atoms with Crippen LogP contribution < -0.4 is 0 Å². The van der Waals surface area contributed by atoms with Crippen molar-refractivity contribution in [1.82, 2.24) is 0 Å². The van der Waals surface area contributed by atoms with E-state index in [0.717, 1.165) is 36.4 Å². The van der Waals surface area contributed by atoms with Crippen LogP contribution in [-0.4, -0.2) is 0 Å². The fourth-order valence-electron chi connectivity index (χ4n) is 4.54. The van der Waals surface area contributed by atoms with Gasteiger partial charge in [0, 0.05) is 0 Å². The Hall–Kier alpha value is -6.76. The fraction of sp³-hybridized carbons (Fsp3) is 0.0968. The Bertz CT molecular complexity index is 2220. The Morgan fingerprint density at radius 3 is 1.06 bits per heavy atom. The Balaban J connectivity index is 2.67. The van der Waals surface area contributed by atoms with Crippen molar-refractivity contribution in [2.45, 2.75) is 18.8 Å². The van der Waals surface area contributed by atoms with Crippen LogP contribution in [0.5, 0.6) is 0 Å². The maximum Gasteiger partial charge on any atom is 0.180 e. The molecule has 0 N–H and O–H groups in total. The van der Waals surface area contributed by atoms with Crippen LogP contribution in [0, 0.1) is 138 Å². The normalized spacial score (nSPS) is 12.8. The standard InChI is InChI=1S/C31H6F12N6/c1-9(12(4-45)18-28(40)22(34)15(7-48)23(35)29(18)41)11(13(5-46)19-30(42)24(36)16(8-49)25(37)31(19)43)2-10(3-44)17-26(38)20(32)14(6-47)21(33)27(17)39/h2,12-13H,1H3/b10-2-,11-9-. The summed E-state index contributed by atoms with van der Waals surface area (Å²) in [5, 5.41) is 56.0. The van der Waals surface area contributed by atoms with E-state index in [2.05, 4.69) is 0 Å². The molecule has 3 rings (SSSR count). The van der Waals surface area contributed by atoms with Gasteiger partial charge in [0.05, 0.1) is 46.4 Å². The number of hydrogen-bond donors (Lipinski definition) is 0. The lowest BCUT2D eigenvalue weighted by Gasteiger charge is -2.22. The van der Waals surface area contributed by atoms with Gasteiger partial charge in [0.15, 0.2) is 69.8 Å². The van der Waals surface area contributed by atoms with Crippen LogP contribution in [-0.2, 0) is 0 Å². The van der Waals surface area contributed by atoms with Crippen LogP contribution in [0.4, 0.5) is 52.7 Å². The molecule has 0 heterocycles. The largest absolute Gasteiger partial charge is 0.203 e. The van der Waals surface area contributed by atoms with Gasteiger partial charge >= 0.3 is 0 Å². The second-order valence-corrected chi connectivity index (χ2v) is 9.36. The fourth-order valence-corrected chi connectivity index (χ4v) is 4.54. The summed E-state index contributed by atoms with van der Waals surface area (Å²) < 4.78 is 177. The molecule has 0 bridgehead atoms. The van der Waals surface area contributed by atoms with E-state index in [9.17, 15) is 50.9 Å². The van der Waals surface area contributed by atoms with Gasteiger partial charge in [-0.25, -0.2) is 52.7 Å². The summed E-state index contributed by atoms with van der Waals surface area (Å²) in [7, 11) is 0. The number of halogens is 12. The Kier molecular flexibility index (Phi) is 10.4. The second-order valence-electron chi connectivity index (χ2n) is 9.36. The molecule has 0 saturated carbocycles. The third-order valence-electron chi connectivity index (χ3n) is 6.92. The molecule has 3 aromatic carbocycles. The zero-order chi connectivity index (χ0) is 37.2. The van der Waals surface area contributed by atoms with Crippen molar-refractivity contribution in [3.05, 3.63) is 120 Å². The van der Waals surface area contributed by atoms with E-state index in [-0.39, 0.29) is 6.08 Å². The molecule has 18 heteroatoms. The number of nitriles is 6. The summed E-state index contributed by atoms with van der Waals surface area (Å²) in [5.41, 5.74) is -15.8. The van der Waals surface area contributed by atoms with Crippen molar-refractivity contribution in [2.24, 2.45) is 0 Å². The van der Waals surface area contributed by atoms with E-state index in [1.807, 2.05) is 0 Å². The molecule has 0 spiro atoms. The van der Waals surface area contributed by atoms with Gasteiger partial charge in [-0.1, -0.05) is 0 Å². The van der Waals surface area contributed by atoms with E-state index in [0.29, 0.717) is 6.92 Å². The van der Waals surface area contributed by atoms with Crippen molar-refractivity contribution in [3.63, 3.8) is 0 Å². The maximum absolute atomic E-state index is 15.2. The summed E-state index contributed by atoms with van der Waals surface area (Å²) in [6.45, 7) is 0.505. The van der Waals surface area contributed by atoms with Crippen molar-refractivity contribution >= 4 is 5.57 Å². The minimum atomic E-state index is -2.98. The zero-order valence-corrected chi connectivity index (χ0v) is 23.5. The van der Waals surface area contributed by atoms with Gasteiger partial charge in [0.1, 0.15) is 40.8 Å². The third kappa shape index (κ3) is 5.73. The molecule has 2 unspecified atom stereocenters. The first kappa shape index (κ1) is 36.7. The molecule has 244 valence electrons. The number of rotatable bonds is 6. The minimum Gasteiger partial charge on any atom is -0.203 e. The van der Waals surface area contributed by atoms with E-state index in [4.69, 9.17) is 15.8 Å². The molecule has 0 aromatic heterocycles. The first-order valence-corrected chi connectivity index (χ1v) is 12.4. The summed E-state index contributed by atoms with van der Waals surface area (Å²) in [6.07, 6.45) is -0.0704. The molecule has 0 amide bonds. The lowest BCUT2D eigenvalue weighted by molar-refractivity contribution is 0.433. The Morgan fingerprint density at radius 2 is 0.776 bits per heavy atom. The smallest absolute Gasteiger partial charge is 0.180 e. The number of allylic oxidation sites excluding steroid dienone is 4. The van der Waals surface area contributed by atoms with Gasteiger partial charge in [0.2, 0.25) is 0 Å². The highest BCUT2D eigenvalue weighted by atomic mass is 19.2. The molecule has 49 heavy (non-hydrogen) atoms. The van der Waals surface area contributed by atoms with Crippen LogP contribution in [0.3, 0.4) is 0 Å². The molecule has 0 aliphatic rings. The minimum absolute atomic E-state index is 0.0704. The number of benzene rings is 3. The summed E-state index contributed by atoms with van der Waals surface area (Å²) >= 11 is 0. The highest BCUT2D eigenvalue weighted by Gasteiger charge is 2.37.